The number of hydrogen-bond donors (Lipinski definition) is 2. The average molecular weight is 304 g/mol. The Hall–Kier alpha value is -1.05. The van der Waals surface area contributed by atoms with Crippen LogP contribution < -0.4 is 4.72 Å². The van der Waals surface area contributed by atoms with Crippen molar-refractivity contribution in [2.75, 3.05) is 6.54 Å². The normalized spacial score (nSPS) is 15.3. The zero-order valence-corrected chi connectivity index (χ0v) is 12.7. The van der Waals surface area contributed by atoms with Crippen LogP contribution in [0.1, 0.15) is 33.6 Å². The Labute approximate surface area is 119 Å². The summed E-state index contributed by atoms with van der Waals surface area (Å²) in [4.78, 5) is 3.25. The van der Waals surface area contributed by atoms with Gasteiger partial charge in [-0.15, -0.1) is 0 Å². The van der Waals surface area contributed by atoms with Crippen molar-refractivity contribution in [3.05, 3.63) is 24.3 Å². The zero-order valence-electron chi connectivity index (χ0n) is 11.9. The van der Waals surface area contributed by atoms with E-state index in [1.54, 1.807) is 6.92 Å². The lowest BCUT2D eigenvalue weighted by molar-refractivity contribution is 0.0506. The van der Waals surface area contributed by atoms with Gasteiger partial charge in [0, 0.05) is 12.7 Å². The minimum absolute atomic E-state index is 0.126. The molecule has 7 heteroatoms. The van der Waals surface area contributed by atoms with Gasteiger partial charge in [0.05, 0.1) is 11.8 Å². The Morgan fingerprint density at radius 1 is 1.45 bits per heavy atom. The van der Waals surface area contributed by atoms with Gasteiger partial charge >= 0.3 is 0 Å². The summed E-state index contributed by atoms with van der Waals surface area (Å²) < 4.78 is 39.1. The van der Waals surface area contributed by atoms with E-state index in [1.165, 1.54) is 0 Å². The molecular weight excluding hydrogens is 283 g/mol. The molecule has 0 saturated heterocycles. The van der Waals surface area contributed by atoms with E-state index < -0.39 is 21.4 Å². The molecule has 1 aromatic heterocycles. The highest BCUT2D eigenvalue weighted by Gasteiger charge is 2.24. The number of rotatable bonds is 7. The van der Waals surface area contributed by atoms with Crippen LogP contribution in [0.5, 0.6) is 0 Å². The highest BCUT2D eigenvalue weighted by molar-refractivity contribution is 7.89. The van der Waals surface area contributed by atoms with Gasteiger partial charge in [-0.1, -0.05) is 13.8 Å². The Kier molecular flexibility index (Phi) is 5.61. The summed E-state index contributed by atoms with van der Waals surface area (Å²) in [7, 11) is -3.87. The minimum Gasteiger partial charge on any atom is -0.389 e. The van der Waals surface area contributed by atoms with Gasteiger partial charge in [0.1, 0.15) is 10.7 Å². The Morgan fingerprint density at radius 2 is 2.10 bits per heavy atom. The molecule has 0 saturated carbocycles. The number of sulfonamides is 1. The number of nitrogens with zero attached hydrogens (tertiary/aromatic N) is 1. The third-order valence-electron chi connectivity index (χ3n) is 2.89. The largest absolute Gasteiger partial charge is 0.389 e. The van der Waals surface area contributed by atoms with Crippen LogP contribution in [-0.2, 0) is 10.0 Å². The number of hydrogen-bond acceptors (Lipinski definition) is 4. The smallest absolute Gasteiger partial charge is 0.242 e. The molecule has 0 bridgehead atoms. The summed E-state index contributed by atoms with van der Waals surface area (Å²) in [5.74, 6) is -0.301. The molecule has 0 aromatic carbocycles. The van der Waals surface area contributed by atoms with Gasteiger partial charge in [0.25, 0.3) is 0 Å². The topological polar surface area (TPSA) is 79.3 Å². The van der Waals surface area contributed by atoms with E-state index in [0.717, 1.165) is 24.9 Å². The van der Waals surface area contributed by atoms with E-state index >= 15 is 0 Å². The van der Waals surface area contributed by atoms with E-state index in [4.69, 9.17) is 0 Å². The molecule has 1 atom stereocenters. The van der Waals surface area contributed by atoms with Crippen LogP contribution in [0.25, 0.3) is 0 Å². The fourth-order valence-corrected chi connectivity index (χ4v) is 2.70. The predicted molar refractivity (Wildman–Crippen MR) is 74.1 cm³/mol. The molecule has 1 heterocycles. The van der Waals surface area contributed by atoms with E-state index in [9.17, 15) is 17.9 Å². The van der Waals surface area contributed by atoms with Crippen LogP contribution >= 0.6 is 0 Å². The highest BCUT2D eigenvalue weighted by Crippen LogP contribution is 2.17. The molecule has 1 aromatic rings. The van der Waals surface area contributed by atoms with Crippen molar-refractivity contribution in [3.8, 4) is 0 Å². The monoisotopic (exact) mass is 304 g/mol. The third-order valence-corrected chi connectivity index (χ3v) is 4.26. The number of pyridine rings is 1. The Balaban J connectivity index is 2.68. The van der Waals surface area contributed by atoms with E-state index in [0.29, 0.717) is 12.3 Å². The second-order valence-corrected chi connectivity index (χ2v) is 7.36. The van der Waals surface area contributed by atoms with Crippen LogP contribution in [0.3, 0.4) is 0 Å². The predicted octanol–water partition coefficient (Wildman–Crippen LogP) is 1.69. The van der Waals surface area contributed by atoms with Gasteiger partial charge in [0.2, 0.25) is 10.0 Å². The molecule has 0 fully saturated rings. The number of aromatic nitrogens is 1. The fourth-order valence-electron chi connectivity index (χ4n) is 1.56. The number of nitrogens with one attached hydrogen (secondary N) is 1. The fraction of sp³-hybridized carbons (Fsp3) is 0.615. The number of aliphatic hydroxyl groups is 1. The quantitative estimate of drug-likeness (QED) is 0.803. The zero-order chi connectivity index (χ0) is 15.4. The maximum Gasteiger partial charge on any atom is 0.242 e. The van der Waals surface area contributed by atoms with Crippen LogP contribution in [-0.4, -0.2) is 30.7 Å². The first-order chi connectivity index (χ1) is 9.12. The van der Waals surface area contributed by atoms with Gasteiger partial charge in [0.15, 0.2) is 0 Å². The highest BCUT2D eigenvalue weighted by atomic mass is 32.2. The second-order valence-electron chi connectivity index (χ2n) is 5.59. The van der Waals surface area contributed by atoms with Crippen molar-refractivity contribution in [3.63, 3.8) is 0 Å². The average Bonchev–Trinajstić information content (AvgIpc) is 2.35. The maximum absolute atomic E-state index is 13.0. The van der Waals surface area contributed by atoms with Crippen LogP contribution in [0, 0.1) is 11.7 Å². The molecule has 0 aliphatic carbocycles. The minimum atomic E-state index is -3.87. The summed E-state index contributed by atoms with van der Waals surface area (Å²) in [6, 6.07) is 0.887. The van der Waals surface area contributed by atoms with Crippen LogP contribution in [0.4, 0.5) is 4.39 Å². The van der Waals surface area contributed by atoms with Crippen LogP contribution in [0.15, 0.2) is 23.4 Å². The van der Waals surface area contributed by atoms with Crippen molar-refractivity contribution in [1.29, 1.82) is 0 Å². The summed E-state index contributed by atoms with van der Waals surface area (Å²) in [6.45, 7) is 5.50. The molecule has 5 nitrogen and oxygen atoms in total. The maximum atomic E-state index is 13.0. The van der Waals surface area contributed by atoms with Crippen molar-refractivity contribution >= 4 is 10.0 Å². The van der Waals surface area contributed by atoms with Gasteiger partial charge in [-0.25, -0.2) is 17.5 Å². The molecule has 114 valence electrons. The molecule has 0 amide bonds. The molecule has 0 unspecified atom stereocenters. The van der Waals surface area contributed by atoms with Gasteiger partial charge in [-0.2, -0.15) is 0 Å². The van der Waals surface area contributed by atoms with Crippen molar-refractivity contribution < 1.29 is 17.9 Å². The third kappa shape index (κ3) is 5.52. The summed E-state index contributed by atoms with van der Waals surface area (Å²) in [5, 5.41) is 10.1. The first-order valence-electron chi connectivity index (χ1n) is 6.45. The molecule has 20 heavy (non-hydrogen) atoms. The number of halogens is 1. The first-order valence-corrected chi connectivity index (χ1v) is 7.93. The SMILES string of the molecule is CC(C)CC[C@@](C)(O)CNS(=O)(=O)c1cncc(F)c1. The molecule has 0 aliphatic rings. The molecular formula is C13H21FN2O3S. The first kappa shape index (κ1) is 17.0. The van der Waals surface area contributed by atoms with E-state index in [-0.39, 0.29) is 11.4 Å². The van der Waals surface area contributed by atoms with Crippen molar-refractivity contribution in [2.45, 2.75) is 44.1 Å². The summed E-state index contributed by atoms with van der Waals surface area (Å²) in [6.07, 6.45) is 3.26. The van der Waals surface area contributed by atoms with Gasteiger partial charge in [-0.3, -0.25) is 4.98 Å². The molecule has 0 aliphatic heterocycles. The lowest BCUT2D eigenvalue weighted by Gasteiger charge is -2.24. The van der Waals surface area contributed by atoms with Crippen molar-refractivity contribution in [2.24, 2.45) is 5.92 Å². The van der Waals surface area contributed by atoms with Gasteiger partial charge in [-0.05, 0) is 31.7 Å². The van der Waals surface area contributed by atoms with Gasteiger partial charge < -0.3 is 5.11 Å². The summed E-state index contributed by atoms with van der Waals surface area (Å²) >= 11 is 0. The molecule has 1 rings (SSSR count). The van der Waals surface area contributed by atoms with E-state index in [1.807, 2.05) is 13.8 Å². The molecule has 2 N–H and O–H groups in total. The Morgan fingerprint density at radius 3 is 2.65 bits per heavy atom. The molecule has 0 radical (unpaired) electrons. The van der Waals surface area contributed by atoms with Crippen LogP contribution in [0.2, 0.25) is 0 Å². The second kappa shape index (κ2) is 6.60. The van der Waals surface area contributed by atoms with Crippen molar-refractivity contribution in [1.82, 2.24) is 9.71 Å². The lowest BCUT2D eigenvalue weighted by Crippen LogP contribution is -2.40. The van der Waals surface area contributed by atoms with E-state index in [2.05, 4.69) is 9.71 Å². The Bertz CT molecular complexity index is 544. The molecule has 0 spiro atoms. The lowest BCUT2D eigenvalue weighted by atomic mass is 9.96. The summed E-state index contributed by atoms with van der Waals surface area (Å²) in [5.41, 5.74) is -1.14. The standard InChI is InChI=1S/C13H21FN2O3S/c1-10(2)4-5-13(3,17)9-16-20(18,19)12-6-11(14)7-15-8-12/h6-8,10,16-17H,4-5,9H2,1-3H3/t13-/m1/s1.